The van der Waals surface area contributed by atoms with Crippen LogP contribution in [0.3, 0.4) is 0 Å². The van der Waals surface area contributed by atoms with Gasteiger partial charge in [0.25, 0.3) is 0 Å². The third-order valence-electron chi connectivity index (χ3n) is 4.88. The maximum atomic E-state index is 13.9. The van der Waals surface area contributed by atoms with Gasteiger partial charge in [-0.15, -0.1) is 0 Å². The third kappa shape index (κ3) is 3.92. The lowest BCUT2D eigenvalue weighted by Crippen LogP contribution is -2.40. The number of hydrogen-bond acceptors (Lipinski definition) is 4. The fourth-order valence-electron chi connectivity index (χ4n) is 3.50. The van der Waals surface area contributed by atoms with Gasteiger partial charge in [-0.2, -0.15) is 0 Å². The van der Waals surface area contributed by atoms with Gasteiger partial charge in [-0.25, -0.2) is 14.4 Å². The highest BCUT2D eigenvalue weighted by Gasteiger charge is 2.31. The Labute approximate surface area is 156 Å². The Kier molecular flexibility index (Phi) is 5.00. The molecule has 1 atom stereocenters. The third-order valence-corrected chi connectivity index (χ3v) is 4.88. The first kappa shape index (κ1) is 17.5. The Balaban J connectivity index is 1.50. The molecular formula is C20H21FN4O2. The fourth-order valence-corrected chi connectivity index (χ4v) is 3.50. The van der Waals surface area contributed by atoms with Crippen molar-refractivity contribution in [1.82, 2.24) is 19.4 Å². The number of amides is 1. The molecule has 1 aromatic carbocycles. The molecule has 1 saturated heterocycles. The highest BCUT2D eigenvalue weighted by molar-refractivity contribution is 5.76. The fraction of sp³-hybridized carbons (Fsp3) is 0.350. The van der Waals surface area contributed by atoms with E-state index in [1.807, 2.05) is 4.90 Å². The van der Waals surface area contributed by atoms with Crippen LogP contribution >= 0.6 is 0 Å². The number of carbonyl (C=O) groups excluding carboxylic acids is 1. The highest BCUT2D eigenvalue weighted by Crippen LogP contribution is 2.31. The molecule has 1 fully saturated rings. The van der Waals surface area contributed by atoms with E-state index in [9.17, 15) is 9.18 Å². The predicted octanol–water partition coefficient (Wildman–Crippen LogP) is 3.35. The molecule has 0 bridgehead atoms. The molecule has 6 nitrogen and oxygen atoms in total. The normalized spacial score (nSPS) is 17.2. The number of carbonyl (C=O) groups is 1. The zero-order valence-electron chi connectivity index (χ0n) is 14.9. The molecule has 0 unspecified atom stereocenters. The Bertz CT molecular complexity index is 906. The van der Waals surface area contributed by atoms with Gasteiger partial charge in [0.1, 0.15) is 24.2 Å². The smallest absolute Gasteiger partial charge is 0.243 e. The Morgan fingerprint density at radius 1 is 1.30 bits per heavy atom. The number of rotatable bonds is 5. The Morgan fingerprint density at radius 3 is 3.00 bits per heavy atom. The summed E-state index contributed by atoms with van der Waals surface area (Å²) in [5, 5.41) is 0. The maximum Gasteiger partial charge on any atom is 0.243 e. The van der Waals surface area contributed by atoms with Crippen molar-refractivity contribution in [1.29, 1.82) is 0 Å². The summed E-state index contributed by atoms with van der Waals surface area (Å²) in [7, 11) is 0. The van der Waals surface area contributed by atoms with Crippen LogP contribution in [0.5, 0.6) is 0 Å². The minimum atomic E-state index is -0.259. The van der Waals surface area contributed by atoms with Crippen molar-refractivity contribution in [2.75, 3.05) is 6.54 Å². The minimum Gasteiger partial charge on any atom is -0.443 e. The van der Waals surface area contributed by atoms with E-state index in [1.165, 1.54) is 6.07 Å². The Morgan fingerprint density at radius 2 is 2.19 bits per heavy atom. The first-order chi connectivity index (χ1) is 13.2. The summed E-state index contributed by atoms with van der Waals surface area (Å²) in [6.07, 6.45) is 9.84. The van der Waals surface area contributed by atoms with Gasteiger partial charge in [0, 0.05) is 25.4 Å². The standard InChI is InChI=1S/C20H21FN4O2/c21-17-6-2-1-5-15(17)11-16-12-23-20(27-16)18-7-3-4-9-25(18)19(26)13-24-10-8-22-14-24/h1-2,5-6,8,10,12,14,18H,3-4,7,9,11,13H2/t18-/m0/s1. The maximum absolute atomic E-state index is 13.9. The van der Waals surface area contributed by atoms with Crippen molar-refractivity contribution in [3.05, 3.63) is 72.2 Å². The van der Waals surface area contributed by atoms with Crippen molar-refractivity contribution in [2.45, 2.75) is 38.3 Å². The van der Waals surface area contributed by atoms with Gasteiger partial charge in [0.05, 0.1) is 12.5 Å². The summed E-state index contributed by atoms with van der Waals surface area (Å²) < 4.78 is 21.5. The van der Waals surface area contributed by atoms with Gasteiger partial charge < -0.3 is 13.9 Å². The van der Waals surface area contributed by atoms with Gasteiger partial charge in [0.15, 0.2) is 0 Å². The number of likely N-dealkylation sites (tertiary alicyclic amines) is 1. The molecule has 0 saturated carbocycles. The zero-order chi connectivity index (χ0) is 18.6. The summed E-state index contributed by atoms with van der Waals surface area (Å²) in [5.74, 6) is 0.888. The molecule has 1 aliphatic heterocycles. The molecule has 0 aliphatic carbocycles. The monoisotopic (exact) mass is 368 g/mol. The second-order valence-corrected chi connectivity index (χ2v) is 6.77. The molecule has 3 aromatic rings. The van der Waals surface area contributed by atoms with E-state index in [2.05, 4.69) is 9.97 Å². The highest BCUT2D eigenvalue weighted by atomic mass is 19.1. The second-order valence-electron chi connectivity index (χ2n) is 6.77. The number of benzene rings is 1. The van der Waals surface area contributed by atoms with Crippen LogP contribution in [-0.4, -0.2) is 31.9 Å². The number of halogens is 1. The SMILES string of the molecule is O=C(Cn1ccnc1)N1CCCC[C@H]1c1ncc(Cc2ccccc2F)o1. The van der Waals surface area contributed by atoms with Crippen molar-refractivity contribution >= 4 is 5.91 Å². The van der Waals surface area contributed by atoms with Crippen LogP contribution in [0.2, 0.25) is 0 Å². The molecular weight excluding hydrogens is 347 g/mol. The number of imidazole rings is 1. The summed E-state index contributed by atoms with van der Waals surface area (Å²) in [6, 6.07) is 6.46. The largest absolute Gasteiger partial charge is 0.443 e. The average molecular weight is 368 g/mol. The average Bonchev–Trinajstić information content (AvgIpc) is 3.36. The topological polar surface area (TPSA) is 64.2 Å². The molecule has 3 heterocycles. The molecule has 4 rings (SSSR count). The molecule has 0 N–H and O–H groups in total. The summed E-state index contributed by atoms with van der Waals surface area (Å²) in [5.41, 5.74) is 0.567. The number of oxazole rings is 1. The molecule has 7 heteroatoms. The molecule has 140 valence electrons. The van der Waals surface area contributed by atoms with E-state index in [1.54, 1.807) is 47.7 Å². The van der Waals surface area contributed by atoms with Crippen molar-refractivity contribution in [3.8, 4) is 0 Å². The summed E-state index contributed by atoms with van der Waals surface area (Å²) >= 11 is 0. The van der Waals surface area contributed by atoms with Gasteiger partial charge in [0.2, 0.25) is 11.8 Å². The van der Waals surface area contributed by atoms with Gasteiger partial charge in [-0.3, -0.25) is 4.79 Å². The van der Waals surface area contributed by atoms with Crippen LogP contribution in [0.25, 0.3) is 0 Å². The van der Waals surface area contributed by atoms with E-state index >= 15 is 0 Å². The summed E-state index contributed by atoms with van der Waals surface area (Å²) in [4.78, 5) is 23.0. The number of hydrogen-bond donors (Lipinski definition) is 0. The van der Waals surface area contributed by atoms with Crippen LogP contribution in [0.4, 0.5) is 4.39 Å². The lowest BCUT2D eigenvalue weighted by molar-refractivity contribution is -0.136. The number of nitrogens with zero attached hydrogens (tertiary/aromatic N) is 4. The lowest BCUT2D eigenvalue weighted by Gasteiger charge is -2.33. The van der Waals surface area contributed by atoms with Crippen LogP contribution in [-0.2, 0) is 17.8 Å². The van der Waals surface area contributed by atoms with Gasteiger partial charge >= 0.3 is 0 Å². The van der Waals surface area contributed by atoms with E-state index in [-0.39, 0.29) is 24.3 Å². The van der Waals surface area contributed by atoms with Gasteiger partial charge in [-0.05, 0) is 30.9 Å². The van der Waals surface area contributed by atoms with E-state index < -0.39 is 0 Å². The first-order valence-corrected chi connectivity index (χ1v) is 9.14. The van der Waals surface area contributed by atoms with E-state index in [0.29, 0.717) is 30.2 Å². The van der Waals surface area contributed by atoms with Crippen LogP contribution in [0.1, 0.15) is 42.5 Å². The molecule has 1 aliphatic rings. The number of piperidine rings is 1. The molecule has 27 heavy (non-hydrogen) atoms. The quantitative estimate of drug-likeness (QED) is 0.693. The minimum absolute atomic E-state index is 0.0200. The van der Waals surface area contributed by atoms with E-state index in [0.717, 1.165) is 19.3 Å². The summed E-state index contributed by atoms with van der Waals surface area (Å²) in [6.45, 7) is 0.933. The molecule has 1 amide bonds. The first-order valence-electron chi connectivity index (χ1n) is 9.14. The van der Waals surface area contributed by atoms with Crippen LogP contribution < -0.4 is 0 Å². The second kappa shape index (κ2) is 7.73. The predicted molar refractivity (Wildman–Crippen MR) is 96.2 cm³/mol. The Hall–Kier alpha value is -2.96. The molecule has 0 radical (unpaired) electrons. The van der Waals surface area contributed by atoms with E-state index in [4.69, 9.17) is 4.42 Å². The van der Waals surface area contributed by atoms with Crippen LogP contribution in [0, 0.1) is 5.82 Å². The lowest BCUT2D eigenvalue weighted by atomic mass is 10.0. The zero-order valence-corrected chi connectivity index (χ0v) is 14.9. The van der Waals surface area contributed by atoms with Crippen molar-refractivity contribution < 1.29 is 13.6 Å². The van der Waals surface area contributed by atoms with Gasteiger partial charge in [-0.1, -0.05) is 18.2 Å². The number of aromatic nitrogens is 3. The molecule has 0 spiro atoms. The van der Waals surface area contributed by atoms with Crippen molar-refractivity contribution in [2.24, 2.45) is 0 Å². The molecule has 2 aromatic heterocycles. The van der Waals surface area contributed by atoms with Crippen LogP contribution in [0.15, 0.2) is 53.6 Å². The van der Waals surface area contributed by atoms with Crippen molar-refractivity contribution in [3.63, 3.8) is 0 Å².